The number of aromatic nitrogens is 1. The normalized spacial score (nSPS) is 18.4. The average molecular weight is 247 g/mol. The molecule has 1 heterocycles. The second-order valence-electron chi connectivity index (χ2n) is 5.72. The van der Waals surface area contributed by atoms with E-state index >= 15 is 0 Å². The Morgan fingerprint density at radius 1 is 1.33 bits per heavy atom. The Hall–Kier alpha value is -0.930. The molecule has 0 unspecified atom stereocenters. The van der Waals surface area contributed by atoms with Crippen LogP contribution in [-0.2, 0) is 6.42 Å². The van der Waals surface area contributed by atoms with E-state index in [9.17, 15) is 0 Å². The smallest absolute Gasteiger partial charge is 0.0416 e. The fourth-order valence-electron chi connectivity index (χ4n) is 3.05. The Kier molecular flexibility index (Phi) is 4.72. The molecule has 2 rings (SSSR count). The van der Waals surface area contributed by atoms with Gasteiger partial charge in [-0.1, -0.05) is 18.9 Å². The van der Waals surface area contributed by atoms with E-state index in [0.29, 0.717) is 5.41 Å². The number of rotatable bonds is 6. The number of hydrogen-bond acceptors (Lipinski definition) is 3. The standard InChI is InChI=1S/C15H25N3/c1-18(11-7-14-6-2-5-10-17-14)13-15(12-16)8-3-4-9-15/h2,5-6,10H,3-4,7-9,11-13,16H2,1H3. The van der Waals surface area contributed by atoms with E-state index in [4.69, 9.17) is 5.73 Å². The van der Waals surface area contributed by atoms with Crippen molar-refractivity contribution in [2.75, 3.05) is 26.7 Å². The molecule has 1 aromatic rings. The van der Waals surface area contributed by atoms with Crippen molar-refractivity contribution in [3.8, 4) is 0 Å². The summed E-state index contributed by atoms with van der Waals surface area (Å²) in [5, 5.41) is 0. The van der Waals surface area contributed by atoms with Gasteiger partial charge >= 0.3 is 0 Å². The number of likely N-dealkylation sites (N-methyl/N-ethyl adjacent to an activating group) is 1. The molecule has 0 aliphatic heterocycles. The van der Waals surface area contributed by atoms with Crippen molar-refractivity contribution in [3.05, 3.63) is 30.1 Å². The van der Waals surface area contributed by atoms with Crippen LogP contribution in [0.2, 0.25) is 0 Å². The zero-order chi connectivity index (χ0) is 12.8. The topological polar surface area (TPSA) is 42.2 Å². The van der Waals surface area contributed by atoms with E-state index in [0.717, 1.165) is 26.1 Å². The molecule has 0 bridgehead atoms. The number of nitrogens with two attached hydrogens (primary N) is 1. The summed E-state index contributed by atoms with van der Waals surface area (Å²) in [5.41, 5.74) is 7.55. The largest absolute Gasteiger partial charge is 0.330 e. The quantitative estimate of drug-likeness (QED) is 0.837. The fourth-order valence-corrected chi connectivity index (χ4v) is 3.05. The second-order valence-corrected chi connectivity index (χ2v) is 5.72. The minimum absolute atomic E-state index is 0.388. The molecule has 0 spiro atoms. The first kappa shape index (κ1) is 13.5. The lowest BCUT2D eigenvalue weighted by Crippen LogP contribution is -2.40. The van der Waals surface area contributed by atoms with Crippen LogP contribution in [0.1, 0.15) is 31.4 Å². The molecule has 2 N–H and O–H groups in total. The SMILES string of the molecule is CN(CCc1ccccn1)CC1(CN)CCCC1. The van der Waals surface area contributed by atoms with Gasteiger partial charge in [0.2, 0.25) is 0 Å². The second kappa shape index (κ2) is 6.30. The van der Waals surface area contributed by atoms with Crippen molar-refractivity contribution in [3.63, 3.8) is 0 Å². The van der Waals surface area contributed by atoms with Gasteiger partial charge in [0.25, 0.3) is 0 Å². The van der Waals surface area contributed by atoms with E-state index in [1.807, 2.05) is 12.3 Å². The van der Waals surface area contributed by atoms with Crippen molar-refractivity contribution in [2.45, 2.75) is 32.1 Å². The van der Waals surface area contributed by atoms with Crippen LogP contribution < -0.4 is 5.73 Å². The predicted molar refractivity (Wildman–Crippen MR) is 75.4 cm³/mol. The zero-order valence-electron chi connectivity index (χ0n) is 11.4. The molecule has 3 heteroatoms. The van der Waals surface area contributed by atoms with Crippen LogP contribution >= 0.6 is 0 Å². The van der Waals surface area contributed by atoms with Crippen LogP contribution in [0.15, 0.2) is 24.4 Å². The van der Waals surface area contributed by atoms with Crippen LogP contribution in [0, 0.1) is 5.41 Å². The van der Waals surface area contributed by atoms with Gasteiger partial charge in [0.05, 0.1) is 0 Å². The summed E-state index contributed by atoms with van der Waals surface area (Å²) in [6, 6.07) is 6.12. The van der Waals surface area contributed by atoms with Gasteiger partial charge in [0.1, 0.15) is 0 Å². The summed E-state index contributed by atoms with van der Waals surface area (Å²) < 4.78 is 0. The van der Waals surface area contributed by atoms with Gasteiger partial charge in [-0.25, -0.2) is 0 Å². The molecule has 1 saturated carbocycles. The maximum Gasteiger partial charge on any atom is 0.0416 e. The summed E-state index contributed by atoms with van der Waals surface area (Å²) in [7, 11) is 2.21. The van der Waals surface area contributed by atoms with Crippen molar-refractivity contribution in [1.29, 1.82) is 0 Å². The lowest BCUT2D eigenvalue weighted by Gasteiger charge is -2.32. The first-order valence-electron chi connectivity index (χ1n) is 7.03. The molecule has 3 nitrogen and oxygen atoms in total. The molecule has 0 amide bonds. The van der Waals surface area contributed by atoms with Gasteiger partial charge in [0, 0.05) is 31.4 Å². The first-order valence-corrected chi connectivity index (χ1v) is 7.03. The molecule has 1 fully saturated rings. The van der Waals surface area contributed by atoms with Crippen molar-refractivity contribution in [2.24, 2.45) is 11.1 Å². The molecular formula is C15H25N3. The lowest BCUT2D eigenvalue weighted by atomic mass is 9.86. The maximum atomic E-state index is 5.99. The highest BCUT2D eigenvalue weighted by Crippen LogP contribution is 2.37. The zero-order valence-corrected chi connectivity index (χ0v) is 11.4. The molecule has 1 aliphatic rings. The Balaban J connectivity index is 1.79. The highest BCUT2D eigenvalue weighted by molar-refractivity contribution is 5.03. The van der Waals surface area contributed by atoms with Gasteiger partial charge in [0.15, 0.2) is 0 Å². The minimum Gasteiger partial charge on any atom is -0.330 e. The lowest BCUT2D eigenvalue weighted by molar-refractivity contribution is 0.185. The first-order chi connectivity index (χ1) is 8.74. The fraction of sp³-hybridized carbons (Fsp3) is 0.667. The molecule has 18 heavy (non-hydrogen) atoms. The Morgan fingerprint density at radius 3 is 2.72 bits per heavy atom. The van der Waals surface area contributed by atoms with Crippen LogP contribution in [0.3, 0.4) is 0 Å². The van der Waals surface area contributed by atoms with Gasteiger partial charge in [-0.2, -0.15) is 0 Å². The molecule has 1 aromatic heterocycles. The number of nitrogens with zero attached hydrogens (tertiary/aromatic N) is 2. The molecule has 0 radical (unpaired) electrons. The molecule has 1 aliphatic carbocycles. The third-order valence-electron chi connectivity index (χ3n) is 4.18. The van der Waals surface area contributed by atoms with Crippen LogP contribution in [0.5, 0.6) is 0 Å². The highest BCUT2D eigenvalue weighted by Gasteiger charge is 2.33. The summed E-state index contributed by atoms with van der Waals surface area (Å²) in [6.07, 6.45) is 8.21. The van der Waals surface area contributed by atoms with Crippen LogP contribution in [0.4, 0.5) is 0 Å². The van der Waals surface area contributed by atoms with Crippen LogP contribution in [0.25, 0.3) is 0 Å². The summed E-state index contributed by atoms with van der Waals surface area (Å²) >= 11 is 0. The van der Waals surface area contributed by atoms with Crippen molar-refractivity contribution in [1.82, 2.24) is 9.88 Å². The molecular weight excluding hydrogens is 222 g/mol. The van der Waals surface area contributed by atoms with Gasteiger partial charge in [-0.05, 0) is 44.0 Å². The van der Waals surface area contributed by atoms with E-state index in [1.54, 1.807) is 0 Å². The summed E-state index contributed by atoms with van der Waals surface area (Å²) in [4.78, 5) is 6.79. The van der Waals surface area contributed by atoms with Crippen molar-refractivity contribution >= 4 is 0 Å². The van der Waals surface area contributed by atoms with E-state index in [1.165, 1.54) is 31.4 Å². The molecule has 0 atom stereocenters. The van der Waals surface area contributed by atoms with Gasteiger partial charge in [-0.15, -0.1) is 0 Å². The molecule has 0 saturated heterocycles. The van der Waals surface area contributed by atoms with E-state index in [2.05, 4.69) is 29.1 Å². The average Bonchev–Trinajstić information content (AvgIpc) is 2.87. The monoisotopic (exact) mass is 247 g/mol. The summed E-state index contributed by atoms with van der Waals surface area (Å²) in [6.45, 7) is 3.04. The Morgan fingerprint density at radius 2 is 2.11 bits per heavy atom. The minimum atomic E-state index is 0.388. The van der Waals surface area contributed by atoms with Gasteiger partial charge in [-0.3, -0.25) is 4.98 Å². The predicted octanol–water partition coefficient (Wildman–Crippen LogP) is 2.07. The van der Waals surface area contributed by atoms with E-state index < -0.39 is 0 Å². The molecule has 100 valence electrons. The Labute approximate surface area is 110 Å². The van der Waals surface area contributed by atoms with Crippen LogP contribution in [-0.4, -0.2) is 36.6 Å². The van der Waals surface area contributed by atoms with E-state index in [-0.39, 0.29) is 0 Å². The van der Waals surface area contributed by atoms with Gasteiger partial charge < -0.3 is 10.6 Å². The third kappa shape index (κ3) is 3.53. The third-order valence-corrected chi connectivity index (χ3v) is 4.18. The maximum absolute atomic E-state index is 5.99. The highest BCUT2D eigenvalue weighted by atomic mass is 15.1. The Bertz CT molecular complexity index is 344. The number of hydrogen-bond donors (Lipinski definition) is 1. The molecule has 0 aromatic carbocycles. The van der Waals surface area contributed by atoms with Crippen molar-refractivity contribution < 1.29 is 0 Å². The summed E-state index contributed by atoms with van der Waals surface area (Å²) in [5.74, 6) is 0. The number of pyridine rings is 1.